The smallest absolute Gasteiger partial charge is 0.355 e. The molecule has 3 rings (SSSR count). The monoisotopic (exact) mass is 439 g/mol. The van der Waals surface area contributed by atoms with Crippen molar-refractivity contribution in [1.82, 2.24) is 15.5 Å². The summed E-state index contributed by atoms with van der Waals surface area (Å²) in [6, 6.07) is 11.6. The number of benzene rings is 1. The zero-order chi connectivity index (χ0) is 23.3. The van der Waals surface area contributed by atoms with Crippen LogP contribution in [0.5, 0.6) is 0 Å². The van der Waals surface area contributed by atoms with Gasteiger partial charge in [0.1, 0.15) is 17.0 Å². The minimum absolute atomic E-state index is 0.269. The fourth-order valence-corrected chi connectivity index (χ4v) is 3.39. The molecule has 0 radical (unpaired) electrons. The number of ether oxygens (including phenoxy) is 2. The van der Waals surface area contributed by atoms with Crippen LogP contribution in [0.2, 0.25) is 0 Å². The van der Waals surface area contributed by atoms with Crippen molar-refractivity contribution in [3.05, 3.63) is 64.7 Å². The van der Waals surface area contributed by atoms with Crippen LogP contribution in [0.3, 0.4) is 0 Å². The summed E-state index contributed by atoms with van der Waals surface area (Å²) >= 11 is 0. The quantitative estimate of drug-likeness (QED) is 0.505. The number of carbonyl (C=O) groups is 2. The first-order valence-electron chi connectivity index (χ1n) is 10.5. The molecule has 0 amide bonds. The number of hydrogen-bond donors (Lipinski definition) is 2. The van der Waals surface area contributed by atoms with Crippen molar-refractivity contribution < 1.29 is 23.6 Å². The third-order valence-electron chi connectivity index (χ3n) is 4.76. The second-order valence-electron chi connectivity index (χ2n) is 8.33. The Morgan fingerprint density at radius 2 is 1.84 bits per heavy atom. The second-order valence-corrected chi connectivity index (χ2v) is 8.33. The first kappa shape index (κ1) is 23.3. The molecule has 2 aromatic heterocycles. The van der Waals surface area contributed by atoms with Crippen molar-refractivity contribution in [2.45, 2.75) is 52.8 Å². The molecular weight excluding hydrogens is 410 g/mol. The van der Waals surface area contributed by atoms with Gasteiger partial charge in [-0.25, -0.2) is 9.59 Å². The van der Waals surface area contributed by atoms with Crippen LogP contribution in [-0.4, -0.2) is 34.8 Å². The van der Waals surface area contributed by atoms with E-state index >= 15 is 0 Å². The Labute approximate surface area is 187 Å². The lowest BCUT2D eigenvalue weighted by molar-refractivity contribution is 0.00621. The third-order valence-corrected chi connectivity index (χ3v) is 4.76. The molecule has 3 aromatic rings. The summed E-state index contributed by atoms with van der Waals surface area (Å²) in [5, 5.41) is 7.33. The average molecular weight is 440 g/mol. The predicted octanol–water partition coefficient (Wildman–Crippen LogP) is 4.26. The standard InChI is InChI=1S/C24H29N3O5/c1-6-17-20(22(28)30-5)19(26-21(17)23(29)31-24(2,3)4)14-25-13-16-12-18(27-32-16)15-10-8-7-9-11-15/h7-12,25-26H,6,13-14H2,1-5H3. The summed E-state index contributed by atoms with van der Waals surface area (Å²) < 4.78 is 15.9. The number of aromatic amines is 1. The average Bonchev–Trinajstić information content (AvgIpc) is 3.37. The van der Waals surface area contributed by atoms with Gasteiger partial charge in [0.25, 0.3) is 0 Å². The van der Waals surface area contributed by atoms with Crippen LogP contribution in [0, 0.1) is 0 Å². The highest BCUT2D eigenvalue weighted by atomic mass is 16.6. The number of nitrogens with one attached hydrogen (secondary N) is 2. The van der Waals surface area contributed by atoms with Crippen molar-refractivity contribution in [3.8, 4) is 11.3 Å². The summed E-state index contributed by atoms with van der Waals surface area (Å²) in [4.78, 5) is 28.2. The molecule has 2 heterocycles. The fraction of sp³-hybridized carbons (Fsp3) is 0.375. The lowest BCUT2D eigenvalue weighted by Crippen LogP contribution is -2.24. The normalized spacial score (nSPS) is 11.4. The molecule has 170 valence electrons. The molecule has 32 heavy (non-hydrogen) atoms. The molecule has 2 N–H and O–H groups in total. The maximum absolute atomic E-state index is 12.7. The van der Waals surface area contributed by atoms with Crippen LogP contribution < -0.4 is 5.32 Å². The van der Waals surface area contributed by atoms with E-state index in [-0.39, 0.29) is 5.69 Å². The number of H-pyrrole nitrogens is 1. The Kier molecular flexibility index (Phi) is 7.15. The maximum atomic E-state index is 12.7. The number of carbonyl (C=O) groups excluding carboxylic acids is 2. The van der Waals surface area contributed by atoms with Gasteiger partial charge >= 0.3 is 11.9 Å². The van der Waals surface area contributed by atoms with E-state index in [1.54, 1.807) is 20.8 Å². The van der Waals surface area contributed by atoms with E-state index in [9.17, 15) is 9.59 Å². The molecule has 0 unspecified atom stereocenters. The largest absolute Gasteiger partial charge is 0.465 e. The van der Waals surface area contributed by atoms with E-state index in [2.05, 4.69) is 15.5 Å². The van der Waals surface area contributed by atoms with Gasteiger partial charge in [-0.15, -0.1) is 0 Å². The Balaban J connectivity index is 1.77. The van der Waals surface area contributed by atoms with Gasteiger partial charge in [0.2, 0.25) is 0 Å². The van der Waals surface area contributed by atoms with Gasteiger partial charge in [0, 0.05) is 23.9 Å². The summed E-state index contributed by atoms with van der Waals surface area (Å²) in [7, 11) is 1.32. The zero-order valence-corrected chi connectivity index (χ0v) is 19.1. The van der Waals surface area contributed by atoms with Gasteiger partial charge in [-0.3, -0.25) is 0 Å². The number of methoxy groups -OCH3 is 1. The number of rotatable bonds is 8. The third kappa shape index (κ3) is 5.45. The van der Waals surface area contributed by atoms with Gasteiger partial charge < -0.3 is 24.3 Å². The molecule has 0 spiro atoms. The molecule has 8 heteroatoms. The molecule has 0 fully saturated rings. The highest BCUT2D eigenvalue weighted by Gasteiger charge is 2.28. The summed E-state index contributed by atoms with van der Waals surface area (Å²) in [6.45, 7) is 7.95. The SMILES string of the molecule is CCc1c(C(=O)OC(C)(C)C)[nH]c(CNCc2cc(-c3ccccc3)no2)c1C(=O)OC. The number of aromatic nitrogens is 2. The summed E-state index contributed by atoms with van der Waals surface area (Å²) in [5.74, 6) is -0.359. The van der Waals surface area contributed by atoms with Crippen LogP contribution in [0.15, 0.2) is 40.9 Å². The molecular formula is C24H29N3O5. The van der Waals surface area contributed by atoms with Gasteiger partial charge in [-0.05, 0) is 32.8 Å². The molecule has 0 saturated heterocycles. The number of nitrogens with zero attached hydrogens (tertiary/aromatic N) is 1. The van der Waals surface area contributed by atoms with Crippen molar-refractivity contribution in [2.75, 3.05) is 7.11 Å². The Hall–Kier alpha value is -3.39. The van der Waals surface area contributed by atoms with E-state index in [0.29, 0.717) is 42.1 Å². The van der Waals surface area contributed by atoms with Gasteiger partial charge in [0.15, 0.2) is 5.76 Å². The molecule has 0 aliphatic heterocycles. The van der Waals surface area contributed by atoms with E-state index < -0.39 is 17.5 Å². The molecule has 1 aromatic carbocycles. The van der Waals surface area contributed by atoms with E-state index in [1.165, 1.54) is 7.11 Å². The first-order valence-corrected chi connectivity index (χ1v) is 10.5. The van der Waals surface area contributed by atoms with Crippen molar-refractivity contribution >= 4 is 11.9 Å². The van der Waals surface area contributed by atoms with E-state index in [0.717, 1.165) is 11.3 Å². The van der Waals surface area contributed by atoms with Gasteiger partial charge in [0.05, 0.1) is 19.2 Å². The van der Waals surface area contributed by atoms with Crippen LogP contribution in [-0.2, 0) is 29.0 Å². The topological polar surface area (TPSA) is 106 Å². The lowest BCUT2D eigenvalue weighted by atomic mass is 10.1. The molecule has 8 nitrogen and oxygen atoms in total. The number of esters is 2. The van der Waals surface area contributed by atoms with Crippen molar-refractivity contribution in [1.29, 1.82) is 0 Å². The minimum Gasteiger partial charge on any atom is -0.465 e. The molecule has 0 bridgehead atoms. The van der Waals surface area contributed by atoms with Crippen molar-refractivity contribution in [3.63, 3.8) is 0 Å². The van der Waals surface area contributed by atoms with Crippen LogP contribution in [0.25, 0.3) is 11.3 Å². The highest BCUT2D eigenvalue weighted by molar-refractivity contribution is 5.98. The fourth-order valence-electron chi connectivity index (χ4n) is 3.39. The van der Waals surface area contributed by atoms with Crippen LogP contribution in [0.4, 0.5) is 0 Å². The number of hydrogen-bond acceptors (Lipinski definition) is 7. The zero-order valence-electron chi connectivity index (χ0n) is 19.1. The molecule has 0 saturated carbocycles. The Morgan fingerprint density at radius 1 is 1.12 bits per heavy atom. The molecule has 0 aliphatic rings. The van der Waals surface area contributed by atoms with Crippen LogP contribution >= 0.6 is 0 Å². The maximum Gasteiger partial charge on any atom is 0.355 e. The summed E-state index contributed by atoms with van der Waals surface area (Å²) in [5.41, 5.74) is 2.81. The lowest BCUT2D eigenvalue weighted by Gasteiger charge is -2.19. The summed E-state index contributed by atoms with van der Waals surface area (Å²) in [6.07, 6.45) is 0.470. The predicted molar refractivity (Wildman–Crippen MR) is 119 cm³/mol. The Morgan fingerprint density at radius 3 is 2.47 bits per heavy atom. The van der Waals surface area contributed by atoms with Gasteiger partial charge in [-0.1, -0.05) is 42.4 Å². The first-order chi connectivity index (χ1) is 15.2. The van der Waals surface area contributed by atoms with E-state index in [1.807, 2.05) is 43.3 Å². The van der Waals surface area contributed by atoms with E-state index in [4.69, 9.17) is 14.0 Å². The minimum atomic E-state index is -0.653. The van der Waals surface area contributed by atoms with Gasteiger partial charge in [-0.2, -0.15) is 0 Å². The molecule has 0 aliphatic carbocycles. The van der Waals surface area contributed by atoms with Crippen molar-refractivity contribution in [2.24, 2.45) is 0 Å². The highest BCUT2D eigenvalue weighted by Crippen LogP contribution is 2.24. The molecule has 0 atom stereocenters. The van der Waals surface area contributed by atoms with Crippen LogP contribution in [0.1, 0.15) is 65.6 Å². The Bertz CT molecular complexity index is 1080. The second kappa shape index (κ2) is 9.82.